The van der Waals surface area contributed by atoms with E-state index in [9.17, 15) is 4.39 Å². The van der Waals surface area contributed by atoms with Crippen LogP contribution in [0.3, 0.4) is 0 Å². The number of likely N-dealkylation sites (N-methyl/N-ethyl adjacent to an activating group) is 1. The van der Waals surface area contributed by atoms with Crippen molar-refractivity contribution in [1.29, 1.82) is 0 Å². The van der Waals surface area contributed by atoms with Gasteiger partial charge in [-0.2, -0.15) is 0 Å². The molecule has 3 heteroatoms. The van der Waals surface area contributed by atoms with Crippen molar-refractivity contribution in [2.24, 2.45) is 0 Å². The molecule has 0 aliphatic carbocycles. The van der Waals surface area contributed by atoms with Crippen LogP contribution in [-0.4, -0.2) is 26.3 Å². The molecule has 0 saturated heterocycles. The van der Waals surface area contributed by atoms with E-state index < -0.39 is 0 Å². The normalized spacial score (nSPS) is 14.6. The summed E-state index contributed by atoms with van der Waals surface area (Å²) in [5.74, 6) is -0.178. The third kappa shape index (κ3) is 5.29. The van der Waals surface area contributed by atoms with Gasteiger partial charge in [-0.05, 0) is 50.9 Å². The average Bonchev–Trinajstić information content (AvgIpc) is 2.36. The van der Waals surface area contributed by atoms with Gasteiger partial charge in [0.15, 0.2) is 0 Å². The molecule has 1 aromatic rings. The van der Waals surface area contributed by atoms with Gasteiger partial charge in [-0.3, -0.25) is 0 Å². The molecule has 2 atom stereocenters. The number of hydrogen-bond acceptors (Lipinski definition) is 2. The van der Waals surface area contributed by atoms with Crippen molar-refractivity contribution in [3.63, 3.8) is 0 Å². The summed E-state index contributed by atoms with van der Waals surface area (Å²) in [4.78, 5) is 0. The lowest BCUT2D eigenvalue weighted by molar-refractivity contribution is 0.106. The lowest BCUT2D eigenvalue weighted by Gasteiger charge is -2.18. The van der Waals surface area contributed by atoms with Gasteiger partial charge in [-0.25, -0.2) is 4.39 Å². The quantitative estimate of drug-likeness (QED) is 0.790. The summed E-state index contributed by atoms with van der Waals surface area (Å²) < 4.78 is 18.0. The van der Waals surface area contributed by atoms with Crippen LogP contribution < -0.4 is 5.32 Å². The van der Waals surface area contributed by atoms with Crippen LogP contribution in [0.15, 0.2) is 24.3 Å². The number of benzene rings is 1. The van der Waals surface area contributed by atoms with Gasteiger partial charge in [-0.15, -0.1) is 0 Å². The molecule has 0 bridgehead atoms. The van der Waals surface area contributed by atoms with E-state index in [1.807, 2.05) is 19.2 Å². The van der Waals surface area contributed by atoms with Crippen LogP contribution in [0.25, 0.3) is 0 Å². The molecule has 1 N–H and O–H groups in total. The summed E-state index contributed by atoms with van der Waals surface area (Å²) in [5, 5.41) is 3.30. The van der Waals surface area contributed by atoms with Crippen molar-refractivity contribution < 1.29 is 9.13 Å². The predicted octanol–water partition coefficient (Wildman–Crippen LogP) is 2.77. The molecule has 1 aromatic carbocycles. The summed E-state index contributed by atoms with van der Waals surface area (Å²) in [6.07, 6.45) is 3.30. The molecule has 96 valence electrons. The molecule has 0 amide bonds. The monoisotopic (exact) mass is 239 g/mol. The van der Waals surface area contributed by atoms with Crippen LogP contribution in [-0.2, 0) is 11.2 Å². The van der Waals surface area contributed by atoms with Gasteiger partial charge in [0.25, 0.3) is 0 Å². The fourth-order valence-corrected chi connectivity index (χ4v) is 1.81. The number of halogens is 1. The summed E-state index contributed by atoms with van der Waals surface area (Å²) in [6, 6.07) is 7.14. The lowest BCUT2D eigenvalue weighted by atomic mass is 10.0. The van der Waals surface area contributed by atoms with Crippen LogP contribution in [0, 0.1) is 5.82 Å². The molecule has 0 spiro atoms. The second kappa shape index (κ2) is 7.41. The number of methoxy groups -OCH3 is 1. The number of ether oxygens (including phenoxy) is 1. The van der Waals surface area contributed by atoms with Crippen molar-refractivity contribution in [2.75, 3.05) is 14.2 Å². The van der Waals surface area contributed by atoms with Crippen LogP contribution >= 0.6 is 0 Å². The maximum Gasteiger partial charge on any atom is 0.123 e. The Morgan fingerprint density at radius 3 is 2.41 bits per heavy atom. The van der Waals surface area contributed by atoms with E-state index in [1.54, 1.807) is 7.11 Å². The second-order valence-corrected chi connectivity index (χ2v) is 4.44. The standard InChI is InChI=1S/C14H22FNO/c1-11(17-3)4-9-14(16-2)10-12-5-7-13(15)8-6-12/h5-8,11,14,16H,4,9-10H2,1-3H3. The zero-order valence-corrected chi connectivity index (χ0v) is 10.9. The maximum atomic E-state index is 12.8. The zero-order chi connectivity index (χ0) is 12.7. The number of rotatable bonds is 7. The van der Waals surface area contributed by atoms with Gasteiger partial charge >= 0.3 is 0 Å². The van der Waals surface area contributed by atoms with Crippen molar-refractivity contribution in [3.8, 4) is 0 Å². The Bertz CT molecular complexity index is 313. The highest BCUT2D eigenvalue weighted by Gasteiger charge is 2.09. The summed E-state index contributed by atoms with van der Waals surface area (Å²) in [7, 11) is 3.70. The molecular weight excluding hydrogens is 217 g/mol. The van der Waals surface area contributed by atoms with Crippen LogP contribution in [0.5, 0.6) is 0 Å². The molecule has 0 aromatic heterocycles. The lowest BCUT2D eigenvalue weighted by Crippen LogP contribution is -2.28. The Hall–Kier alpha value is -0.930. The highest BCUT2D eigenvalue weighted by molar-refractivity contribution is 5.17. The average molecular weight is 239 g/mol. The molecule has 2 unspecified atom stereocenters. The fraction of sp³-hybridized carbons (Fsp3) is 0.571. The molecule has 0 heterocycles. The van der Waals surface area contributed by atoms with E-state index in [0.29, 0.717) is 12.1 Å². The smallest absolute Gasteiger partial charge is 0.123 e. The first kappa shape index (κ1) is 14.1. The van der Waals surface area contributed by atoms with E-state index in [4.69, 9.17) is 4.74 Å². The van der Waals surface area contributed by atoms with E-state index in [1.165, 1.54) is 12.1 Å². The molecule has 2 nitrogen and oxygen atoms in total. The van der Waals surface area contributed by atoms with Crippen molar-refractivity contribution in [3.05, 3.63) is 35.6 Å². The van der Waals surface area contributed by atoms with E-state index in [2.05, 4.69) is 12.2 Å². The molecule has 0 saturated carbocycles. The van der Waals surface area contributed by atoms with Crippen molar-refractivity contribution >= 4 is 0 Å². The summed E-state index contributed by atoms with van der Waals surface area (Å²) >= 11 is 0. The van der Waals surface area contributed by atoms with Gasteiger partial charge in [0.05, 0.1) is 6.10 Å². The third-order valence-corrected chi connectivity index (χ3v) is 3.13. The predicted molar refractivity (Wildman–Crippen MR) is 68.7 cm³/mol. The Morgan fingerprint density at radius 1 is 1.24 bits per heavy atom. The summed E-state index contributed by atoms with van der Waals surface area (Å²) in [5.41, 5.74) is 1.16. The molecule has 17 heavy (non-hydrogen) atoms. The van der Waals surface area contributed by atoms with Gasteiger partial charge in [-0.1, -0.05) is 12.1 Å². The topological polar surface area (TPSA) is 21.3 Å². The van der Waals surface area contributed by atoms with Crippen LogP contribution in [0.4, 0.5) is 4.39 Å². The molecule has 0 aliphatic heterocycles. The van der Waals surface area contributed by atoms with Crippen molar-refractivity contribution in [1.82, 2.24) is 5.32 Å². The first-order valence-electron chi connectivity index (χ1n) is 6.10. The number of hydrogen-bond donors (Lipinski definition) is 1. The fourth-order valence-electron chi connectivity index (χ4n) is 1.81. The Morgan fingerprint density at radius 2 is 1.88 bits per heavy atom. The minimum Gasteiger partial charge on any atom is -0.382 e. The van der Waals surface area contributed by atoms with Crippen LogP contribution in [0.2, 0.25) is 0 Å². The van der Waals surface area contributed by atoms with Gasteiger partial charge in [0.2, 0.25) is 0 Å². The molecule has 1 rings (SSSR count). The first-order valence-corrected chi connectivity index (χ1v) is 6.10. The summed E-state index contributed by atoms with van der Waals surface area (Å²) in [6.45, 7) is 2.07. The van der Waals surface area contributed by atoms with Crippen molar-refractivity contribution in [2.45, 2.75) is 38.3 Å². The Kier molecular flexibility index (Phi) is 6.16. The van der Waals surface area contributed by atoms with Crippen LogP contribution in [0.1, 0.15) is 25.3 Å². The Balaban J connectivity index is 2.43. The molecular formula is C14H22FNO. The highest BCUT2D eigenvalue weighted by atomic mass is 19.1. The number of nitrogens with one attached hydrogen (secondary N) is 1. The highest BCUT2D eigenvalue weighted by Crippen LogP contribution is 2.11. The second-order valence-electron chi connectivity index (χ2n) is 4.44. The largest absolute Gasteiger partial charge is 0.382 e. The minimum atomic E-state index is -0.178. The first-order chi connectivity index (χ1) is 8.15. The van der Waals surface area contributed by atoms with Gasteiger partial charge < -0.3 is 10.1 Å². The zero-order valence-electron chi connectivity index (χ0n) is 10.9. The van der Waals surface area contributed by atoms with E-state index >= 15 is 0 Å². The Labute approximate surface area is 103 Å². The SMILES string of the molecule is CNC(CCC(C)OC)Cc1ccc(F)cc1. The third-order valence-electron chi connectivity index (χ3n) is 3.13. The molecule has 0 aliphatic rings. The van der Waals surface area contributed by atoms with Gasteiger partial charge in [0, 0.05) is 13.2 Å². The minimum absolute atomic E-state index is 0.178. The van der Waals surface area contributed by atoms with E-state index in [-0.39, 0.29) is 5.82 Å². The van der Waals surface area contributed by atoms with Gasteiger partial charge in [0.1, 0.15) is 5.82 Å². The maximum absolute atomic E-state index is 12.8. The molecule has 0 radical (unpaired) electrons. The van der Waals surface area contributed by atoms with E-state index in [0.717, 1.165) is 24.8 Å². The molecule has 0 fully saturated rings.